The number of aryl methyl sites for hydroxylation is 2. The molecule has 0 atom stereocenters. The topological polar surface area (TPSA) is 66.5 Å². The van der Waals surface area contributed by atoms with Gasteiger partial charge in [0.05, 0.1) is 10.6 Å². The van der Waals surface area contributed by atoms with Crippen molar-refractivity contribution in [1.29, 1.82) is 0 Å². The molecule has 0 fully saturated rings. The van der Waals surface area contributed by atoms with Gasteiger partial charge in [-0.3, -0.25) is 9.10 Å². The minimum absolute atomic E-state index is 0.123. The number of thioether (sulfide) groups is 1. The summed E-state index contributed by atoms with van der Waals surface area (Å²) < 4.78 is 28.1. The summed E-state index contributed by atoms with van der Waals surface area (Å²) >= 11 is 13.7. The molecular formula is C25H26Cl2N2O3S2. The van der Waals surface area contributed by atoms with Gasteiger partial charge in [0.1, 0.15) is 6.54 Å². The summed E-state index contributed by atoms with van der Waals surface area (Å²) in [4.78, 5) is 12.9. The quantitative estimate of drug-likeness (QED) is 0.329. The van der Waals surface area contributed by atoms with Gasteiger partial charge in [0.15, 0.2) is 0 Å². The molecule has 0 aromatic heterocycles. The average Bonchev–Trinajstić information content (AvgIpc) is 2.78. The third-order valence-electron chi connectivity index (χ3n) is 5.05. The van der Waals surface area contributed by atoms with Crippen molar-refractivity contribution in [2.24, 2.45) is 0 Å². The number of carbonyl (C=O) groups is 1. The van der Waals surface area contributed by atoms with Crippen LogP contribution in [0.1, 0.15) is 16.7 Å². The van der Waals surface area contributed by atoms with E-state index in [4.69, 9.17) is 23.2 Å². The molecule has 1 amide bonds. The number of amides is 1. The van der Waals surface area contributed by atoms with Crippen LogP contribution < -0.4 is 9.62 Å². The monoisotopic (exact) mass is 536 g/mol. The van der Waals surface area contributed by atoms with Crippen molar-refractivity contribution in [1.82, 2.24) is 5.32 Å². The Balaban J connectivity index is 1.68. The van der Waals surface area contributed by atoms with Crippen LogP contribution in [0.25, 0.3) is 0 Å². The standard InChI is InChI=1S/C25H26Cl2N2O3S2/c1-18-6-9-23(10-7-18)34(31,32)29(24-11-8-22(27)14-19(24)2)16-25(30)28-12-13-33-17-20-4-3-5-21(26)15-20/h3-11,14-15H,12-13,16-17H2,1-2H3,(H,28,30). The molecule has 0 radical (unpaired) electrons. The van der Waals surface area contributed by atoms with E-state index in [9.17, 15) is 13.2 Å². The zero-order valence-electron chi connectivity index (χ0n) is 18.9. The van der Waals surface area contributed by atoms with E-state index >= 15 is 0 Å². The summed E-state index contributed by atoms with van der Waals surface area (Å²) in [5.41, 5.74) is 3.13. The summed E-state index contributed by atoms with van der Waals surface area (Å²) in [6.45, 7) is 3.73. The maximum Gasteiger partial charge on any atom is 0.264 e. The van der Waals surface area contributed by atoms with Crippen LogP contribution >= 0.6 is 35.0 Å². The highest BCUT2D eigenvalue weighted by molar-refractivity contribution is 7.98. The molecule has 0 spiro atoms. The Kier molecular flexibility index (Phi) is 9.31. The van der Waals surface area contributed by atoms with Crippen LogP contribution in [0.3, 0.4) is 0 Å². The van der Waals surface area contributed by atoms with E-state index < -0.39 is 10.0 Å². The van der Waals surface area contributed by atoms with Crippen LogP contribution in [0.5, 0.6) is 0 Å². The largest absolute Gasteiger partial charge is 0.354 e. The van der Waals surface area contributed by atoms with Crippen molar-refractivity contribution in [3.05, 3.63) is 93.5 Å². The van der Waals surface area contributed by atoms with Gasteiger partial charge >= 0.3 is 0 Å². The first-order valence-corrected chi connectivity index (χ1v) is 14.0. The number of carbonyl (C=O) groups excluding carboxylic acids is 1. The summed E-state index contributed by atoms with van der Waals surface area (Å²) in [5, 5.41) is 4.01. The maximum atomic E-state index is 13.5. The molecule has 0 bridgehead atoms. The second kappa shape index (κ2) is 12.0. The third kappa shape index (κ3) is 7.15. The molecule has 0 saturated heterocycles. The lowest BCUT2D eigenvalue weighted by atomic mass is 10.2. The first kappa shape index (κ1) is 26.4. The first-order valence-electron chi connectivity index (χ1n) is 10.6. The second-order valence-electron chi connectivity index (χ2n) is 7.79. The van der Waals surface area contributed by atoms with Gasteiger partial charge in [0.25, 0.3) is 10.0 Å². The number of benzene rings is 3. The van der Waals surface area contributed by atoms with Crippen molar-refractivity contribution in [2.75, 3.05) is 23.1 Å². The SMILES string of the molecule is Cc1ccc(S(=O)(=O)N(CC(=O)NCCSCc2cccc(Cl)c2)c2ccc(Cl)cc2C)cc1. The summed E-state index contributed by atoms with van der Waals surface area (Å²) in [6, 6.07) is 19.1. The minimum atomic E-state index is -3.96. The fourth-order valence-electron chi connectivity index (χ4n) is 3.30. The van der Waals surface area contributed by atoms with E-state index in [1.54, 1.807) is 61.2 Å². The molecule has 1 N–H and O–H groups in total. The van der Waals surface area contributed by atoms with Crippen LogP contribution in [0.2, 0.25) is 10.0 Å². The van der Waals surface area contributed by atoms with Gasteiger partial charge in [0.2, 0.25) is 5.91 Å². The van der Waals surface area contributed by atoms with Gasteiger partial charge < -0.3 is 5.32 Å². The Morgan fingerprint density at radius 1 is 0.971 bits per heavy atom. The van der Waals surface area contributed by atoms with Crippen LogP contribution in [-0.4, -0.2) is 33.2 Å². The van der Waals surface area contributed by atoms with Crippen molar-refractivity contribution in [3.8, 4) is 0 Å². The van der Waals surface area contributed by atoms with Crippen molar-refractivity contribution in [2.45, 2.75) is 24.5 Å². The predicted octanol–water partition coefficient (Wildman–Crippen LogP) is 5.86. The Hall–Kier alpha value is -2.19. The van der Waals surface area contributed by atoms with Crippen LogP contribution in [-0.2, 0) is 20.6 Å². The van der Waals surface area contributed by atoms with Crippen LogP contribution in [0.15, 0.2) is 71.6 Å². The van der Waals surface area contributed by atoms with Gasteiger partial charge in [0, 0.05) is 28.1 Å². The third-order valence-corrected chi connectivity index (χ3v) is 8.32. The highest BCUT2D eigenvalue weighted by atomic mass is 35.5. The number of nitrogens with one attached hydrogen (secondary N) is 1. The van der Waals surface area contributed by atoms with Gasteiger partial charge in [-0.2, -0.15) is 11.8 Å². The number of hydrogen-bond acceptors (Lipinski definition) is 4. The zero-order chi connectivity index (χ0) is 24.7. The highest BCUT2D eigenvalue weighted by Crippen LogP contribution is 2.29. The van der Waals surface area contributed by atoms with Crippen molar-refractivity contribution >= 4 is 56.6 Å². The molecular weight excluding hydrogens is 511 g/mol. The summed E-state index contributed by atoms with van der Waals surface area (Å²) in [7, 11) is -3.96. The van der Waals surface area contributed by atoms with Crippen molar-refractivity contribution in [3.63, 3.8) is 0 Å². The van der Waals surface area contributed by atoms with Crippen molar-refractivity contribution < 1.29 is 13.2 Å². The van der Waals surface area contributed by atoms with E-state index in [1.807, 2.05) is 31.2 Å². The van der Waals surface area contributed by atoms with E-state index in [2.05, 4.69) is 5.32 Å². The van der Waals surface area contributed by atoms with Gasteiger partial charge in [-0.1, -0.05) is 53.0 Å². The molecule has 0 aliphatic rings. The molecule has 3 aromatic carbocycles. The van der Waals surface area contributed by atoms with E-state index in [-0.39, 0.29) is 17.3 Å². The fourth-order valence-corrected chi connectivity index (χ4v) is 6.03. The molecule has 180 valence electrons. The smallest absolute Gasteiger partial charge is 0.264 e. The van der Waals surface area contributed by atoms with Gasteiger partial charge in [-0.05, 0) is 67.4 Å². The number of anilines is 1. The Labute approximate surface area is 215 Å². The summed E-state index contributed by atoms with van der Waals surface area (Å²) in [6.07, 6.45) is 0. The summed E-state index contributed by atoms with van der Waals surface area (Å²) in [5.74, 6) is 1.07. The molecule has 0 aliphatic carbocycles. The fraction of sp³-hybridized carbons (Fsp3) is 0.240. The molecule has 0 saturated carbocycles. The highest BCUT2D eigenvalue weighted by Gasteiger charge is 2.28. The number of halogens is 2. The lowest BCUT2D eigenvalue weighted by molar-refractivity contribution is -0.119. The first-order chi connectivity index (χ1) is 16.2. The Morgan fingerprint density at radius 2 is 1.68 bits per heavy atom. The lowest BCUT2D eigenvalue weighted by Crippen LogP contribution is -2.41. The Bertz CT molecular complexity index is 1250. The number of hydrogen-bond donors (Lipinski definition) is 1. The molecule has 9 heteroatoms. The molecule has 3 aromatic rings. The number of sulfonamides is 1. The maximum absolute atomic E-state index is 13.5. The molecule has 34 heavy (non-hydrogen) atoms. The molecule has 0 unspecified atom stereocenters. The molecule has 0 heterocycles. The second-order valence-corrected chi connectivity index (χ2v) is 11.6. The zero-order valence-corrected chi connectivity index (χ0v) is 22.1. The van der Waals surface area contributed by atoms with Gasteiger partial charge in [-0.15, -0.1) is 0 Å². The lowest BCUT2D eigenvalue weighted by Gasteiger charge is -2.26. The van der Waals surface area contributed by atoms with Crippen LogP contribution in [0.4, 0.5) is 5.69 Å². The van der Waals surface area contributed by atoms with E-state index in [0.29, 0.717) is 33.6 Å². The molecule has 5 nitrogen and oxygen atoms in total. The number of nitrogens with zero attached hydrogens (tertiary/aromatic N) is 1. The van der Waals surface area contributed by atoms with E-state index in [1.165, 1.54) is 0 Å². The average molecular weight is 538 g/mol. The van der Waals surface area contributed by atoms with Gasteiger partial charge in [-0.25, -0.2) is 8.42 Å². The van der Waals surface area contributed by atoms with Crippen LogP contribution in [0, 0.1) is 13.8 Å². The predicted molar refractivity (Wildman–Crippen MR) is 143 cm³/mol. The molecule has 3 rings (SSSR count). The van der Waals surface area contributed by atoms with E-state index in [0.717, 1.165) is 21.2 Å². The Morgan fingerprint density at radius 3 is 2.35 bits per heavy atom. The minimum Gasteiger partial charge on any atom is -0.354 e. The normalized spacial score (nSPS) is 11.3. The number of rotatable bonds is 10. The molecule has 0 aliphatic heterocycles.